The molecule has 1 atom stereocenters. The Morgan fingerprint density at radius 3 is 2.74 bits per heavy atom. The number of aromatic nitrogens is 1. The first kappa shape index (κ1) is 13.2. The summed E-state index contributed by atoms with van der Waals surface area (Å²) in [6.45, 7) is 7.99. The molecule has 6 nitrogen and oxygen atoms in total. The van der Waals surface area contributed by atoms with Crippen molar-refractivity contribution in [3.05, 3.63) is 40.8 Å². The number of rotatable bonds is 3. The normalized spacial score (nSPS) is 15.9. The highest BCUT2D eigenvalue weighted by atomic mass is 16.3. The zero-order valence-electron chi connectivity index (χ0n) is 11.0. The molecule has 6 heteroatoms. The minimum absolute atomic E-state index is 0.0359. The predicted molar refractivity (Wildman–Crippen MR) is 71.6 cm³/mol. The maximum Gasteiger partial charge on any atom is 0.278 e. The maximum atomic E-state index is 12.4. The van der Waals surface area contributed by atoms with E-state index >= 15 is 0 Å². The Kier molecular flexibility index (Phi) is 3.33. The molecule has 0 fully saturated rings. The van der Waals surface area contributed by atoms with E-state index in [1.807, 2.05) is 13.8 Å². The number of hydrogen-bond acceptors (Lipinski definition) is 4. The van der Waals surface area contributed by atoms with Gasteiger partial charge in [0, 0.05) is 12.3 Å². The zero-order valence-corrected chi connectivity index (χ0v) is 11.0. The lowest BCUT2D eigenvalue weighted by Gasteiger charge is -2.37. The number of nitrogens with zero attached hydrogens (tertiary/aromatic N) is 2. The molecular weight excluding hydrogens is 246 g/mol. The van der Waals surface area contributed by atoms with E-state index in [4.69, 9.17) is 0 Å². The van der Waals surface area contributed by atoms with Crippen LogP contribution in [-0.4, -0.2) is 33.3 Å². The Labute approximate surface area is 110 Å². The van der Waals surface area contributed by atoms with Crippen LogP contribution in [0.2, 0.25) is 0 Å². The molecule has 0 aliphatic carbocycles. The number of fused-ring (bicyclic) bond motifs is 1. The lowest BCUT2D eigenvalue weighted by atomic mass is 10.0. The van der Waals surface area contributed by atoms with Gasteiger partial charge in [-0.3, -0.25) is 14.3 Å². The van der Waals surface area contributed by atoms with Gasteiger partial charge in [-0.2, -0.15) is 0 Å². The summed E-state index contributed by atoms with van der Waals surface area (Å²) in [6.07, 6.45) is 3.13. The molecule has 1 amide bonds. The van der Waals surface area contributed by atoms with Crippen molar-refractivity contribution >= 4 is 5.91 Å². The van der Waals surface area contributed by atoms with Gasteiger partial charge >= 0.3 is 0 Å². The van der Waals surface area contributed by atoms with Crippen LogP contribution in [0.15, 0.2) is 29.7 Å². The molecule has 1 aliphatic heterocycles. The SMILES string of the molecule is C=CC(C(C)C)N1CNn2ccc(=O)c(O)c2C1=O. The summed E-state index contributed by atoms with van der Waals surface area (Å²) in [5.41, 5.74) is 2.35. The van der Waals surface area contributed by atoms with Gasteiger partial charge in [0.1, 0.15) is 6.67 Å². The Morgan fingerprint density at radius 2 is 2.16 bits per heavy atom. The van der Waals surface area contributed by atoms with Crippen molar-refractivity contribution in [1.82, 2.24) is 9.58 Å². The van der Waals surface area contributed by atoms with E-state index in [1.54, 1.807) is 11.0 Å². The number of carbonyl (C=O) groups excluding carboxylic acids is 1. The first-order chi connectivity index (χ1) is 8.97. The van der Waals surface area contributed by atoms with Crippen LogP contribution < -0.4 is 10.9 Å². The average molecular weight is 263 g/mol. The quantitative estimate of drug-likeness (QED) is 0.788. The van der Waals surface area contributed by atoms with Crippen molar-refractivity contribution in [3.8, 4) is 5.75 Å². The fraction of sp³-hybridized carbons (Fsp3) is 0.385. The minimum Gasteiger partial charge on any atom is -0.502 e. The second kappa shape index (κ2) is 4.79. The lowest BCUT2D eigenvalue weighted by Crippen LogP contribution is -2.51. The minimum atomic E-state index is -0.567. The topological polar surface area (TPSA) is 74.6 Å². The number of nitrogens with one attached hydrogen (secondary N) is 1. The van der Waals surface area contributed by atoms with Crippen LogP contribution in [0.25, 0.3) is 0 Å². The molecule has 0 saturated heterocycles. The van der Waals surface area contributed by atoms with E-state index in [2.05, 4.69) is 12.0 Å². The number of hydrogen-bond donors (Lipinski definition) is 2. The third-order valence-corrected chi connectivity index (χ3v) is 3.23. The Morgan fingerprint density at radius 1 is 1.47 bits per heavy atom. The van der Waals surface area contributed by atoms with Crippen LogP contribution in [0.4, 0.5) is 0 Å². The Bertz CT molecular complexity index is 577. The molecule has 0 bridgehead atoms. The van der Waals surface area contributed by atoms with E-state index < -0.39 is 11.2 Å². The molecule has 0 aromatic carbocycles. The zero-order chi connectivity index (χ0) is 14.2. The van der Waals surface area contributed by atoms with E-state index in [9.17, 15) is 14.7 Å². The van der Waals surface area contributed by atoms with Gasteiger partial charge in [0.15, 0.2) is 11.4 Å². The first-order valence-corrected chi connectivity index (χ1v) is 6.09. The Hall–Kier alpha value is -2.24. The fourth-order valence-electron chi connectivity index (χ4n) is 2.22. The summed E-state index contributed by atoms with van der Waals surface area (Å²) in [7, 11) is 0. The van der Waals surface area contributed by atoms with Gasteiger partial charge < -0.3 is 15.4 Å². The van der Waals surface area contributed by atoms with E-state index in [0.717, 1.165) is 0 Å². The molecule has 1 aromatic rings. The molecule has 1 aromatic heterocycles. The second-order valence-electron chi connectivity index (χ2n) is 4.81. The molecule has 19 heavy (non-hydrogen) atoms. The highest BCUT2D eigenvalue weighted by Gasteiger charge is 2.32. The summed E-state index contributed by atoms with van der Waals surface area (Å²) < 4.78 is 1.37. The van der Waals surface area contributed by atoms with Crippen LogP contribution in [-0.2, 0) is 0 Å². The molecular formula is C13H17N3O3. The largest absolute Gasteiger partial charge is 0.502 e. The number of carbonyl (C=O) groups is 1. The van der Waals surface area contributed by atoms with Crippen LogP contribution in [0.3, 0.4) is 0 Å². The molecule has 0 spiro atoms. The fourth-order valence-corrected chi connectivity index (χ4v) is 2.22. The van der Waals surface area contributed by atoms with Gasteiger partial charge in [0.05, 0.1) is 6.04 Å². The second-order valence-corrected chi connectivity index (χ2v) is 4.81. The smallest absolute Gasteiger partial charge is 0.278 e. The van der Waals surface area contributed by atoms with Crippen LogP contribution in [0.5, 0.6) is 5.75 Å². The van der Waals surface area contributed by atoms with Gasteiger partial charge in [-0.15, -0.1) is 6.58 Å². The molecule has 102 valence electrons. The van der Waals surface area contributed by atoms with Crippen molar-refractivity contribution in [3.63, 3.8) is 0 Å². The van der Waals surface area contributed by atoms with E-state index in [1.165, 1.54) is 16.9 Å². The van der Waals surface area contributed by atoms with Gasteiger partial charge in [0.2, 0.25) is 5.43 Å². The van der Waals surface area contributed by atoms with Gasteiger partial charge in [-0.05, 0) is 5.92 Å². The summed E-state index contributed by atoms with van der Waals surface area (Å²) in [4.78, 5) is 25.4. The highest BCUT2D eigenvalue weighted by Crippen LogP contribution is 2.21. The molecule has 2 heterocycles. The van der Waals surface area contributed by atoms with E-state index in [-0.39, 0.29) is 23.6 Å². The van der Waals surface area contributed by atoms with Crippen molar-refractivity contribution in [2.45, 2.75) is 19.9 Å². The standard InChI is InChI=1S/C13H17N3O3/c1-4-9(8(2)3)15-7-14-16-6-5-10(17)12(18)11(16)13(15)19/h4-6,8-9,14,18H,1,7H2,2-3H3. The third-order valence-electron chi connectivity index (χ3n) is 3.23. The van der Waals surface area contributed by atoms with Crippen molar-refractivity contribution in [2.24, 2.45) is 5.92 Å². The van der Waals surface area contributed by atoms with Crippen LogP contribution in [0, 0.1) is 5.92 Å². The summed E-state index contributed by atoms with van der Waals surface area (Å²) in [5, 5.41) is 9.78. The molecule has 1 unspecified atom stereocenters. The van der Waals surface area contributed by atoms with Crippen molar-refractivity contribution < 1.29 is 9.90 Å². The number of pyridine rings is 1. The van der Waals surface area contributed by atoms with Crippen LogP contribution in [0.1, 0.15) is 24.3 Å². The predicted octanol–water partition coefficient (Wildman–Crippen LogP) is 0.721. The maximum absolute atomic E-state index is 12.4. The summed E-state index contributed by atoms with van der Waals surface area (Å²) >= 11 is 0. The number of aromatic hydroxyl groups is 1. The monoisotopic (exact) mass is 263 g/mol. The number of amides is 1. The highest BCUT2D eigenvalue weighted by molar-refractivity contribution is 5.96. The Balaban J connectivity index is 2.47. The average Bonchev–Trinajstić information content (AvgIpc) is 2.36. The van der Waals surface area contributed by atoms with Gasteiger partial charge in [-0.25, -0.2) is 0 Å². The third kappa shape index (κ3) is 2.09. The first-order valence-electron chi connectivity index (χ1n) is 6.09. The van der Waals surface area contributed by atoms with Crippen LogP contribution >= 0.6 is 0 Å². The summed E-state index contributed by atoms with van der Waals surface area (Å²) in [5.74, 6) is -0.726. The molecule has 2 rings (SSSR count). The summed E-state index contributed by atoms with van der Waals surface area (Å²) in [6, 6.07) is 1.05. The van der Waals surface area contributed by atoms with Crippen molar-refractivity contribution in [1.29, 1.82) is 0 Å². The van der Waals surface area contributed by atoms with Gasteiger partial charge in [0.25, 0.3) is 5.91 Å². The molecule has 1 aliphatic rings. The van der Waals surface area contributed by atoms with Gasteiger partial charge in [-0.1, -0.05) is 19.9 Å². The van der Waals surface area contributed by atoms with Crippen molar-refractivity contribution in [2.75, 3.05) is 12.1 Å². The van der Waals surface area contributed by atoms with E-state index in [0.29, 0.717) is 6.67 Å². The molecule has 2 N–H and O–H groups in total. The lowest BCUT2D eigenvalue weighted by molar-refractivity contribution is 0.0641. The molecule has 0 saturated carbocycles. The molecule has 0 radical (unpaired) electrons.